The van der Waals surface area contributed by atoms with Crippen LogP contribution in [0.25, 0.3) is 5.57 Å². The zero-order valence-corrected chi connectivity index (χ0v) is 18.0. The SMILES string of the molecule is Cc1ccc(C2=C(N3CCN(CCO)CC3)C(=O)N(C3CCCCCC3)C2=O)cc1. The zero-order valence-electron chi connectivity index (χ0n) is 18.0. The van der Waals surface area contributed by atoms with E-state index >= 15 is 0 Å². The summed E-state index contributed by atoms with van der Waals surface area (Å²) in [6.07, 6.45) is 6.36. The van der Waals surface area contributed by atoms with Gasteiger partial charge < -0.3 is 10.0 Å². The highest BCUT2D eigenvalue weighted by molar-refractivity contribution is 6.35. The molecule has 3 aliphatic rings. The number of aryl methyl sites for hydroxylation is 1. The molecule has 1 aliphatic carbocycles. The number of carbonyl (C=O) groups excluding carboxylic acids is 2. The number of amides is 2. The van der Waals surface area contributed by atoms with Crippen molar-refractivity contribution in [1.82, 2.24) is 14.7 Å². The predicted molar refractivity (Wildman–Crippen MR) is 117 cm³/mol. The summed E-state index contributed by atoms with van der Waals surface area (Å²) in [6, 6.07) is 7.96. The molecule has 162 valence electrons. The Morgan fingerprint density at radius 1 is 0.900 bits per heavy atom. The quantitative estimate of drug-likeness (QED) is 0.596. The lowest BCUT2D eigenvalue weighted by atomic mass is 10.0. The van der Waals surface area contributed by atoms with Crippen LogP contribution in [-0.4, -0.2) is 77.0 Å². The summed E-state index contributed by atoms with van der Waals surface area (Å²) in [4.78, 5) is 33.1. The zero-order chi connectivity index (χ0) is 21.1. The van der Waals surface area contributed by atoms with E-state index in [1.54, 1.807) is 4.90 Å². The molecule has 2 aliphatic heterocycles. The molecule has 1 saturated carbocycles. The molecule has 0 bridgehead atoms. The van der Waals surface area contributed by atoms with Gasteiger partial charge in [0.2, 0.25) is 0 Å². The van der Waals surface area contributed by atoms with Gasteiger partial charge in [-0.25, -0.2) is 0 Å². The fraction of sp³-hybridized carbons (Fsp3) is 0.583. The molecule has 1 saturated heterocycles. The number of aliphatic hydroxyl groups is 1. The second-order valence-electron chi connectivity index (χ2n) is 8.77. The Bertz CT molecular complexity index is 801. The molecule has 0 atom stereocenters. The Hall–Kier alpha value is -2.18. The molecule has 1 aromatic carbocycles. The molecule has 30 heavy (non-hydrogen) atoms. The number of hydrogen-bond acceptors (Lipinski definition) is 5. The summed E-state index contributed by atoms with van der Waals surface area (Å²) in [7, 11) is 0. The standard InChI is InChI=1S/C24H33N3O3/c1-18-8-10-19(11-9-18)21-22(26-14-12-25(13-15-26)16-17-28)24(30)27(23(21)29)20-6-4-2-3-5-7-20/h8-11,20,28H,2-7,12-17H2,1H3. The summed E-state index contributed by atoms with van der Waals surface area (Å²) >= 11 is 0. The number of aliphatic hydroxyl groups excluding tert-OH is 1. The number of carbonyl (C=O) groups is 2. The van der Waals surface area contributed by atoms with E-state index < -0.39 is 0 Å². The minimum absolute atomic E-state index is 0.0149. The first-order valence-corrected chi connectivity index (χ1v) is 11.4. The Kier molecular flexibility index (Phi) is 6.54. The highest BCUT2D eigenvalue weighted by atomic mass is 16.3. The lowest BCUT2D eigenvalue weighted by Crippen LogP contribution is -2.49. The maximum absolute atomic E-state index is 13.6. The van der Waals surface area contributed by atoms with Crippen molar-refractivity contribution in [2.45, 2.75) is 51.5 Å². The molecule has 0 radical (unpaired) electrons. The van der Waals surface area contributed by atoms with Crippen LogP contribution in [0.3, 0.4) is 0 Å². The molecule has 1 N–H and O–H groups in total. The van der Waals surface area contributed by atoms with Gasteiger partial charge >= 0.3 is 0 Å². The van der Waals surface area contributed by atoms with Crippen LogP contribution < -0.4 is 0 Å². The van der Waals surface area contributed by atoms with Gasteiger partial charge in [0.25, 0.3) is 11.8 Å². The minimum atomic E-state index is -0.122. The number of hydrogen-bond donors (Lipinski definition) is 1. The van der Waals surface area contributed by atoms with Crippen molar-refractivity contribution >= 4 is 17.4 Å². The van der Waals surface area contributed by atoms with Crippen LogP contribution in [0.2, 0.25) is 0 Å². The molecule has 4 rings (SSSR count). The average Bonchev–Trinajstić information content (AvgIpc) is 2.91. The molecule has 2 amide bonds. The largest absolute Gasteiger partial charge is 0.395 e. The van der Waals surface area contributed by atoms with Crippen LogP contribution in [0, 0.1) is 6.92 Å². The first-order chi connectivity index (χ1) is 14.6. The molecule has 1 aromatic rings. The third kappa shape index (κ3) is 4.16. The van der Waals surface area contributed by atoms with E-state index in [2.05, 4.69) is 9.80 Å². The highest BCUT2D eigenvalue weighted by Gasteiger charge is 2.45. The van der Waals surface area contributed by atoms with E-state index in [1.165, 1.54) is 12.8 Å². The maximum Gasteiger partial charge on any atom is 0.278 e. The summed E-state index contributed by atoms with van der Waals surface area (Å²) in [5, 5.41) is 9.22. The van der Waals surface area contributed by atoms with E-state index in [0.717, 1.165) is 49.9 Å². The number of β-amino-alcohol motifs (C(OH)–C–C–N with tert-alkyl or cyclic N) is 1. The van der Waals surface area contributed by atoms with Crippen molar-refractivity contribution in [3.05, 3.63) is 41.1 Å². The molecular weight excluding hydrogens is 378 g/mol. The van der Waals surface area contributed by atoms with E-state index in [1.807, 2.05) is 31.2 Å². The normalized spacial score (nSPS) is 22.2. The molecule has 2 heterocycles. The van der Waals surface area contributed by atoms with Crippen molar-refractivity contribution in [3.63, 3.8) is 0 Å². The first-order valence-electron chi connectivity index (χ1n) is 11.4. The fourth-order valence-electron chi connectivity index (χ4n) is 4.99. The van der Waals surface area contributed by atoms with Gasteiger partial charge in [-0.15, -0.1) is 0 Å². The lowest BCUT2D eigenvalue weighted by Gasteiger charge is -2.36. The summed E-state index contributed by atoms with van der Waals surface area (Å²) in [5.41, 5.74) is 3.12. The van der Waals surface area contributed by atoms with E-state index in [9.17, 15) is 14.7 Å². The van der Waals surface area contributed by atoms with Gasteiger partial charge in [-0.05, 0) is 25.3 Å². The molecule has 0 aromatic heterocycles. The van der Waals surface area contributed by atoms with Gasteiger partial charge in [-0.1, -0.05) is 55.5 Å². The van der Waals surface area contributed by atoms with E-state index in [4.69, 9.17) is 0 Å². The van der Waals surface area contributed by atoms with Crippen molar-refractivity contribution in [2.75, 3.05) is 39.3 Å². The Labute approximate surface area is 179 Å². The Balaban J connectivity index is 1.66. The van der Waals surface area contributed by atoms with Gasteiger partial charge in [0.15, 0.2) is 0 Å². The number of nitrogens with zero attached hydrogens (tertiary/aromatic N) is 3. The van der Waals surface area contributed by atoms with Gasteiger partial charge in [0.1, 0.15) is 5.70 Å². The van der Waals surface area contributed by atoms with Gasteiger partial charge in [0, 0.05) is 38.8 Å². The maximum atomic E-state index is 13.6. The number of piperazine rings is 1. The second-order valence-corrected chi connectivity index (χ2v) is 8.77. The second kappa shape index (κ2) is 9.31. The van der Waals surface area contributed by atoms with E-state index in [-0.39, 0.29) is 24.5 Å². The summed E-state index contributed by atoms with van der Waals surface area (Å²) < 4.78 is 0. The van der Waals surface area contributed by atoms with Gasteiger partial charge in [-0.2, -0.15) is 0 Å². The van der Waals surface area contributed by atoms with Crippen molar-refractivity contribution < 1.29 is 14.7 Å². The fourth-order valence-corrected chi connectivity index (χ4v) is 4.99. The highest BCUT2D eigenvalue weighted by Crippen LogP contribution is 2.36. The molecule has 2 fully saturated rings. The van der Waals surface area contributed by atoms with Crippen LogP contribution in [0.15, 0.2) is 30.0 Å². The first kappa shape index (κ1) is 21.1. The average molecular weight is 412 g/mol. The third-order valence-electron chi connectivity index (χ3n) is 6.73. The smallest absolute Gasteiger partial charge is 0.278 e. The lowest BCUT2D eigenvalue weighted by molar-refractivity contribution is -0.140. The minimum Gasteiger partial charge on any atom is -0.395 e. The van der Waals surface area contributed by atoms with Crippen LogP contribution in [-0.2, 0) is 9.59 Å². The number of imide groups is 1. The molecule has 0 unspecified atom stereocenters. The van der Waals surface area contributed by atoms with Crippen LogP contribution in [0.4, 0.5) is 0 Å². The third-order valence-corrected chi connectivity index (χ3v) is 6.73. The Morgan fingerprint density at radius 2 is 1.53 bits per heavy atom. The molecule has 6 nitrogen and oxygen atoms in total. The topological polar surface area (TPSA) is 64.1 Å². The van der Waals surface area contributed by atoms with Crippen LogP contribution >= 0.6 is 0 Å². The van der Waals surface area contributed by atoms with Crippen LogP contribution in [0.5, 0.6) is 0 Å². The predicted octanol–water partition coefficient (Wildman–Crippen LogP) is 2.41. The Morgan fingerprint density at radius 3 is 2.13 bits per heavy atom. The molecule has 0 spiro atoms. The van der Waals surface area contributed by atoms with Crippen molar-refractivity contribution in [1.29, 1.82) is 0 Å². The molecular formula is C24H33N3O3. The number of rotatable bonds is 5. The van der Waals surface area contributed by atoms with Gasteiger partial charge in [0.05, 0.1) is 12.2 Å². The van der Waals surface area contributed by atoms with Crippen molar-refractivity contribution in [3.8, 4) is 0 Å². The monoisotopic (exact) mass is 411 g/mol. The molecule has 6 heteroatoms. The van der Waals surface area contributed by atoms with E-state index in [0.29, 0.717) is 30.9 Å². The summed E-state index contributed by atoms with van der Waals surface area (Å²) in [6.45, 7) is 5.79. The van der Waals surface area contributed by atoms with Crippen molar-refractivity contribution in [2.24, 2.45) is 0 Å². The number of benzene rings is 1. The summed E-state index contributed by atoms with van der Waals surface area (Å²) in [5.74, 6) is -0.235. The van der Waals surface area contributed by atoms with Crippen LogP contribution in [0.1, 0.15) is 49.7 Å². The van der Waals surface area contributed by atoms with Gasteiger partial charge in [-0.3, -0.25) is 19.4 Å².